The molecule has 0 fully saturated rings. The second-order valence-corrected chi connectivity index (χ2v) is 7.51. The Morgan fingerprint density at radius 1 is 1.12 bits per heavy atom. The van der Waals surface area contributed by atoms with Crippen LogP contribution in [0.2, 0.25) is 0 Å². The third-order valence-electron chi connectivity index (χ3n) is 3.48. The molecular formula is C18H16N2O5S. The Bertz CT molecular complexity index is 975. The molecule has 2 aromatic rings. The fraction of sp³-hybridized carbons (Fsp3) is 0.167. The van der Waals surface area contributed by atoms with Crippen LogP contribution < -0.4 is 5.32 Å². The highest BCUT2D eigenvalue weighted by atomic mass is 32.2. The number of rotatable bonds is 5. The van der Waals surface area contributed by atoms with Crippen LogP contribution in [0.4, 0.5) is 5.69 Å². The number of amides is 1. The lowest BCUT2D eigenvalue weighted by Crippen LogP contribution is -2.30. The normalized spacial score (nSPS) is 11.9. The number of hydrogen-bond acceptors (Lipinski definition) is 6. The van der Waals surface area contributed by atoms with E-state index < -0.39 is 27.8 Å². The number of anilines is 1. The molecule has 0 unspecified atom stereocenters. The van der Waals surface area contributed by atoms with Gasteiger partial charge in [0.05, 0.1) is 21.7 Å². The van der Waals surface area contributed by atoms with Crippen molar-refractivity contribution >= 4 is 27.4 Å². The number of hydrogen-bond donors (Lipinski definition) is 1. The van der Waals surface area contributed by atoms with Gasteiger partial charge in [-0.05, 0) is 43.3 Å². The predicted octanol–water partition coefficient (Wildman–Crippen LogP) is 2.15. The third-order valence-corrected chi connectivity index (χ3v) is 4.61. The average Bonchev–Trinajstić information content (AvgIpc) is 2.61. The molecule has 2 rings (SSSR count). The number of sulfone groups is 1. The maximum Gasteiger partial charge on any atom is 0.338 e. The first-order chi connectivity index (χ1) is 12.2. The summed E-state index contributed by atoms with van der Waals surface area (Å²) < 4.78 is 27.9. The Labute approximate surface area is 151 Å². The number of para-hydroxylation sites is 1. The van der Waals surface area contributed by atoms with E-state index in [1.54, 1.807) is 24.3 Å². The summed E-state index contributed by atoms with van der Waals surface area (Å²) in [5, 5.41) is 11.5. The minimum Gasteiger partial charge on any atom is -0.449 e. The van der Waals surface area contributed by atoms with E-state index >= 15 is 0 Å². The van der Waals surface area contributed by atoms with Gasteiger partial charge < -0.3 is 10.1 Å². The molecule has 0 saturated carbocycles. The fourth-order valence-electron chi connectivity index (χ4n) is 2.04. The Balaban J connectivity index is 2.04. The van der Waals surface area contributed by atoms with E-state index in [4.69, 9.17) is 10.00 Å². The van der Waals surface area contributed by atoms with Crippen LogP contribution in [0.3, 0.4) is 0 Å². The van der Waals surface area contributed by atoms with Crippen molar-refractivity contribution in [3.8, 4) is 6.07 Å². The van der Waals surface area contributed by atoms with Gasteiger partial charge in [-0.2, -0.15) is 5.26 Å². The SMILES string of the molecule is C[C@H](OC(=O)c1ccc(S(C)(=O)=O)cc1)C(=O)Nc1ccccc1C#N. The highest BCUT2D eigenvalue weighted by Gasteiger charge is 2.20. The topological polar surface area (TPSA) is 113 Å². The van der Waals surface area contributed by atoms with Crippen LogP contribution in [0.5, 0.6) is 0 Å². The summed E-state index contributed by atoms with van der Waals surface area (Å²) in [5.41, 5.74) is 0.727. The predicted molar refractivity (Wildman–Crippen MR) is 94.2 cm³/mol. The van der Waals surface area contributed by atoms with Crippen molar-refractivity contribution < 1.29 is 22.7 Å². The lowest BCUT2D eigenvalue weighted by molar-refractivity contribution is -0.123. The number of nitrogens with zero attached hydrogens (tertiary/aromatic N) is 1. The molecule has 0 spiro atoms. The minimum absolute atomic E-state index is 0.0768. The lowest BCUT2D eigenvalue weighted by Gasteiger charge is -2.14. The molecule has 7 nitrogen and oxygen atoms in total. The number of nitrogens with one attached hydrogen (secondary N) is 1. The number of ether oxygens (including phenoxy) is 1. The van der Waals surface area contributed by atoms with E-state index in [0.717, 1.165) is 6.26 Å². The van der Waals surface area contributed by atoms with E-state index in [1.807, 2.05) is 6.07 Å². The van der Waals surface area contributed by atoms with Crippen molar-refractivity contribution in [1.82, 2.24) is 0 Å². The van der Waals surface area contributed by atoms with Crippen molar-refractivity contribution in [3.63, 3.8) is 0 Å². The molecule has 1 amide bonds. The summed E-state index contributed by atoms with van der Waals surface area (Å²) in [6.07, 6.45) is -0.0462. The van der Waals surface area contributed by atoms with E-state index in [9.17, 15) is 18.0 Å². The molecule has 0 heterocycles. The van der Waals surface area contributed by atoms with Crippen molar-refractivity contribution in [1.29, 1.82) is 5.26 Å². The van der Waals surface area contributed by atoms with E-state index in [1.165, 1.54) is 31.2 Å². The van der Waals surface area contributed by atoms with E-state index in [-0.39, 0.29) is 16.0 Å². The number of benzene rings is 2. The monoisotopic (exact) mass is 372 g/mol. The minimum atomic E-state index is -3.37. The highest BCUT2D eigenvalue weighted by Crippen LogP contribution is 2.15. The van der Waals surface area contributed by atoms with Gasteiger partial charge in [-0.15, -0.1) is 0 Å². The molecule has 8 heteroatoms. The van der Waals surface area contributed by atoms with Crippen LogP contribution in [0.1, 0.15) is 22.8 Å². The van der Waals surface area contributed by atoms with Gasteiger partial charge in [-0.25, -0.2) is 13.2 Å². The third kappa shape index (κ3) is 4.68. The van der Waals surface area contributed by atoms with Crippen LogP contribution in [-0.2, 0) is 19.4 Å². The summed E-state index contributed by atoms with van der Waals surface area (Å²) in [6.45, 7) is 1.40. The summed E-state index contributed by atoms with van der Waals surface area (Å²) in [7, 11) is -3.37. The highest BCUT2D eigenvalue weighted by molar-refractivity contribution is 7.90. The number of carbonyl (C=O) groups is 2. The Kier molecular flexibility index (Phi) is 5.75. The number of esters is 1. The molecule has 0 aliphatic carbocycles. The molecule has 0 saturated heterocycles. The maximum atomic E-state index is 12.2. The second-order valence-electron chi connectivity index (χ2n) is 5.49. The second kappa shape index (κ2) is 7.80. The first kappa shape index (κ1) is 19.1. The fourth-order valence-corrected chi connectivity index (χ4v) is 2.67. The standard InChI is InChI=1S/C18H16N2O5S/c1-12(17(21)20-16-6-4-3-5-14(16)11-19)25-18(22)13-7-9-15(10-8-13)26(2,23)24/h3-10,12H,1-2H3,(H,20,21)/t12-/m0/s1. The summed E-state index contributed by atoms with van der Waals surface area (Å²) in [5.74, 6) is -1.35. The average molecular weight is 372 g/mol. The zero-order valence-electron chi connectivity index (χ0n) is 14.1. The molecule has 0 bridgehead atoms. The molecule has 0 aromatic heterocycles. The van der Waals surface area contributed by atoms with Gasteiger partial charge in [0.1, 0.15) is 6.07 Å². The van der Waals surface area contributed by atoms with Crippen molar-refractivity contribution in [2.45, 2.75) is 17.9 Å². The largest absolute Gasteiger partial charge is 0.449 e. The summed E-state index contributed by atoms with van der Waals surface area (Å²) in [4.78, 5) is 24.3. The molecular weight excluding hydrogens is 356 g/mol. The first-order valence-corrected chi connectivity index (χ1v) is 9.42. The smallest absolute Gasteiger partial charge is 0.338 e. The molecule has 26 heavy (non-hydrogen) atoms. The maximum absolute atomic E-state index is 12.2. The van der Waals surface area contributed by atoms with Gasteiger partial charge in [0.15, 0.2) is 15.9 Å². The molecule has 1 N–H and O–H groups in total. The quantitative estimate of drug-likeness (QED) is 0.805. The van der Waals surface area contributed by atoms with Gasteiger partial charge in [0.2, 0.25) is 0 Å². The van der Waals surface area contributed by atoms with Crippen LogP contribution in [-0.4, -0.2) is 32.7 Å². The van der Waals surface area contributed by atoms with Gasteiger partial charge in [-0.3, -0.25) is 4.79 Å². The number of carbonyl (C=O) groups excluding carboxylic acids is 2. The molecule has 1 atom stereocenters. The van der Waals surface area contributed by atoms with Gasteiger partial charge in [-0.1, -0.05) is 12.1 Å². The summed E-state index contributed by atoms with van der Waals surface area (Å²) >= 11 is 0. The molecule has 134 valence electrons. The Hall–Kier alpha value is -3.18. The van der Waals surface area contributed by atoms with Crippen molar-refractivity contribution in [2.75, 3.05) is 11.6 Å². The zero-order chi connectivity index (χ0) is 19.3. The number of nitriles is 1. The zero-order valence-corrected chi connectivity index (χ0v) is 14.9. The molecule has 0 aliphatic rings. The van der Waals surface area contributed by atoms with E-state index in [0.29, 0.717) is 5.69 Å². The summed E-state index contributed by atoms with van der Waals surface area (Å²) in [6, 6.07) is 13.6. The van der Waals surface area contributed by atoms with Crippen molar-refractivity contribution in [2.24, 2.45) is 0 Å². The van der Waals surface area contributed by atoms with Gasteiger partial charge >= 0.3 is 5.97 Å². The molecule has 0 radical (unpaired) electrons. The lowest BCUT2D eigenvalue weighted by atomic mass is 10.2. The van der Waals surface area contributed by atoms with Crippen LogP contribution in [0, 0.1) is 11.3 Å². The van der Waals surface area contributed by atoms with Gasteiger partial charge in [0.25, 0.3) is 5.91 Å². The van der Waals surface area contributed by atoms with Crippen LogP contribution in [0.15, 0.2) is 53.4 Å². The van der Waals surface area contributed by atoms with E-state index in [2.05, 4.69) is 5.32 Å². The van der Waals surface area contributed by atoms with Crippen LogP contribution >= 0.6 is 0 Å². The Morgan fingerprint density at radius 2 is 1.73 bits per heavy atom. The molecule has 0 aliphatic heterocycles. The van der Waals surface area contributed by atoms with Crippen LogP contribution in [0.25, 0.3) is 0 Å². The van der Waals surface area contributed by atoms with Gasteiger partial charge in [0, 0.05) is 6.26 Å². The molecule has 2 aromatic carbocycles. The first-order valence-electron chi connectivity index (χ1n) is 7.53. The van der Waals surface area contributed by atoms with Crippen molar-refractivity contribution in [3.05, 3.63) is 59.7 Å². The Morgan fingerprint density at radius 3 is 2.31 bits per heavy atom.